The van der Waals surface area contributed by atoms with E-state index in [0.717, 1.165) is 16.7 Å². The summed E-state index contributed by atoms with van der Waals surface area (Å²) in [5.41, 5.74) is 3.95. The topological polar surface area (TPSA) is 96.3 Å². The maximum absolute atomic E-state index is 12.5. The lowest BCUT2D eigenvalue weighted by atomic mass is 10.1. The fourth-order valence-corrected chi connectivity index (χ4v) is 3.79. The lowest BCUT2D eigenvalue weighted by molar-refractivity contribution is -0.112. The van der Waals surface area contributed by atoms with Gasteiger partial charge in [0.05, 0.1) is 0 Å². The van der Waals surface area contributed by atoms with Crippen LogP contribution in [0.25, 0.3) is 6.08 Å². The first kappa shape index (κ1) is 22.8. The molecular formula is C25H22N2O4S. The van der Waals surface area contributed by atoms with Crippen LogP contribution in [0, 0.1) is 32.1 Å². The quantitative estimate of drug-likeness (QED) is 0.329. The van der Waals surface area contributed by atoms with Gasteiger partial charge in [-0.25, -0.2) is 0 Å². The highest BCUT2D eigenvalue weighted by Crippen LogP contribution is 2.22. The van der Waals surface area contributed by atoms with Gasteiger partial charge in [-0.1, -0.05) is 35.9 Å². The third-order valence-corrected chi connectivity index (χ3v) is 6.08. The van der Waals surface area contributed by atoms with E-state index in [2.05, 4.69) is 5.32 Å². The fourth-order valence-electron chi connectivity index (χ4n) is 2.87. The van der Waals surface area contributed by atoms with Crippen LogP contribution < -0.4 is 9.50 Å². The van der Waals surface area contributed by atoms with Gasteiger partial charge in [-0.05, 0) is 79.9 Å². The molecule has 32 heavy (non-hydrogen) atoms. The number of carbonyl (C=O) groups excluding carboxylic acids is 1. The molecule has 0 radical (unpaired) electrons. The summed E-state index contributed by atoms with van der Waals surface area (Å²) in [4.78, 5) is 12.6. The highest BCUT2D eigenvalue weighted by atomic mass is 32.2. The van der Waals surface area contributed by atoms with Crippen molar-refractivity contribution in [1.82, 2.24) is 0 Å². The van der Waals surface area contributed by atoms with Crippen LogP contribution in [0.5, 0.6) is 5.75 Å². The van der Waals surface area contributed by atoms with E-state index in [0.29, 0.717) is 11.3 Å². The Labute approximate surface area is 187 Å². The van der Waals surface area contributed by atoms with Gasteiger partial charge in [0, 0.05) is 5.69 Å². The Hall–Kier alpha value is -3.89. The van der Waals surface area contributed by atoms with Gasteiger partial charge in [0.1, 0.15) is 22.3 Å². The van der Waals surface area contributed by atoms with Crippen molar-refractivity contribution < 1.29 is 17.4 Å². The monoisotopic (exact) mass is 446 g/mol. The Kier molecular flexibility index (Phi) is 6.76. The summed E-state index contributed by atoms with van der Waals surface area (Å²) in [6.45, 7) is 5.76. The van der Waals surface area contributed by atoms with E-state index in [9.17, 15) is 18.5 Å². The lowest BCUT2D eigenvalue weighted by Gasteiger charge is -2.09. The summed E-state index contributed by atoms with van der Waals surface area (Å²) in [6.07, 6.45) is 1.38. The molecule has 0 fully saturated rings. The number of nitrogens with one attached hydrogen (secondary N) is 1. The van der Waals surface area contributed by atoms with Gasteiger partial charge in [0.25, 0.3) is 5.91 Å². The standard InChI is InChI=1S/C25H22N2O4S/c1-17-7-11-24(12-8-17)32(29,30)31-23-6-4-5-20(15-23)14-21(16-26)25(28)27-22-10-9-18(2)19(3)13-22/h4-15H,1-3H3,(H,27,28)/b21-14-. The van der Waals surface area contributed by atoms with Crippen molar-refractivity contribution in [3.63, 3.8) is 0 Å². The number of nitrogens with zero attached hydrogens (tertiary/aromatic N) is 1. The molecule has 6 nitrogen and oxygen atoms in total. The van der Waals surface area contributed by atoms with Crippen molar-refractivity contribution in [3.8, 4) is 11.8 Å². The average molecular weight is 447 g/mol. The van der Waals surface area contributed by atoms with Gasteiger partial charge < -0.3 is 9.50 Å². The van der Waals surface area contributed by atoms with Crippen molar-refractivity contribution in [2.24, 2.45) is 0 Å². The minimum absolute atomic E-state index is 0.0366. The maximum Gasteiger partial charge on any atom is 0.339 e. The minimum atomic E-state index is -4.01. The molecule has 1 amide bonds. The second kappa shape index (κ2) is 9.50. The van der Waals surface area contributed by atoms with E-state index < -0.39 is 16.0 Å². The smallest absolute Gasteiger partial charge is 0.339 e. The van der Waals surface area contributed by atoms with Crippen molar-refractivity contribution in [1.29, 1.82) is 5.26 Å². The summed E-state index contributed by atoms with van der Waals surface area (Å²) in [5, 5.41) is 12.2. The molecule has 0 saturated heterocycles. The van der Waals surface area contributed by atoms with Crippen LogP contribution in [0.1, 0.15) is 22.3 Å². The van der Waals surface area contributed by atoms with Gasteiger partial charge in [-0.15, -0.1) is 0 Å². The van der Waals surface area contributed by atoms with E-state index in [1.165, 1.54) is 30.3 Å². The molecule has 0 aliphatic carbocycles. The summed E-state index contributed by atoms with van der Waals surface area (Å²) >= 11 is 0. The Bertz CT molecular complexity index is 1340. The van der Waals surface area contributed by atoms with Crippen LogP contribution in [-0.2, 0) is 14.9 Å². The largest absolute Gasteiger partial charge is 0.379 e. The molecule has 3 aromatic rings. The van der Waals surface area contributed by atoms with Crippen molar-refractivity contribution in [3.05, 3.63) is 94.6 Å². The molecule has 0 atom stereocenters. The van der Waals surface area contributed by atoms with Crippen molar-refractivity contribution in [2.75, 3.05) is 5.32 Å². The molecule has 0 heterocycles. The highest BCUT2D eigenvalue weighted by molar-refractivity contribution is 7.87. The normalized spacial score (nSPS) is 11.5. The zero-order valence-corrected chi connectivity index (χ0v) is 18.7. The molecular weight excluding hydrogens is 424 g/mol. The molecule has 0 aliphatic heterocycles. The zero-order chi connectivity index (χ0) is 23.3. The number of benzene rings is 3. The van der Waals surface area contributed by atoms with Crippen LogP contribution in [0.4, 0.5) is 5.69 Å². The molecule has 0 unspecified atom stereocenters. The predicted molar refractivity (Wildman–Crippen MR) is 124 cm³/mol. The predicted octanol–water partition coefficient (Wildman–Crippen LogP) is 4.93. The Balaban J connectivity index is 1.80. The number of nitriles is 1. The van der Waals surface area contributed by atoms with Gasteiger partial charge in [0.15, 0.2) is 0 Å². The molecule has 0 aromatic heterocycles. The lowest BCUT2D eigenvalue weighted by Crippen LogP contribution is -2.13. The molecule has 1 N–H and O–H groups in total. The summed E-state index contributed by atoms with van der Waals surface area (Å²) in [5.74, 6) is -0.486. The number of hydrogen-bond donors (Lipinski definition) is 1. The van der Waals surface area contributed by atoms with E-state index in [1.54, 1.807) is 30.3 Å². The second-order valence-electron chi connectivity index (χ2n) is 7.35. The van der Waals surface area contributed by atoms with Gasteiger partial charge in [-0.2, -0.15) is 13.7 Å². The molecule has 7 heteroatoms. The number of aryl methyl sites for hydroxylation is 3. The Morgan fingerprint density at radius 2 is 1.69 bits per heavy atom. The van der Waals surface area contributed by atoms with Crippen molar-refractivity contribution in [2.45, 2.75) is 25.7 Å². The number of anilines is 1. The Morgan fingerprint density at radius 1 is 0.969 bits per heavy atom. The Morgan fingerprint density at radius 3 is 2.34 bits per heavy atom. The average Bonchev–Trinajstić information content (AvgIpc) is 2.75. The number of carbonyl (C=O) groups is 1. The van der Waals surface area contributed by atoms with Crippen LogP contribution in [-0.4, -0.2) is 14.3 Å². The molecule has 3 aromatic carbocycles. The number of amides is 1. The third kappa shape index (κ3) is 5.62. The first-order chi connectivity index (χ1) is 15.2. The molecule has 0 bridgehead atoms. The SMILES string of the molecule is Cc1ccc(S(=O)(=O)Oc2cccc(/C=C(/C#N)C(=O)Nc3ccc(C)c(C)c3)c2)cc1. The summed E-state index contributed by atoms with van der Waals surface area (Å²) in [7, 11) is -4.01. The second-order valence-corrected chi connectivity index (χ2v) is 8.89. The van der Waals surface area contributed by atoms with Crippen LogP contribution in [0.2, 0.25) is 0 Å². The number of rotatable bonds is 6. The maximum atomic E-state index is 12.5. The van der Waals surface area contributed by atoms with Crippen LogP contribution >= 0.6 is 0 Å². The molecule has 0 spiro atoms. The molecule has 0 saturated carbocycles. The van der Waals surface area contributed by atoms with Crippen LogP contribution in [0.15, 0.2) is 77.2 Å². The van der Waals surface area contributed by atoms with Gasteiger partial charge in [-0.3, -0.25) is 4.79 Å². The molecule has 0 aliphatic rings. The fraction of sp³-hybridized carbons (Fsp3) is 0.120. The summed E-state index contributed by atoms with van der Waals surface area (Å²) in [6, 6.07) is 19.8. The van der Waals surface area contributed by atoms with E-state index >= 15 is 0 Å². The zero-order valence-electron chi connectivity index (χ0n) is 17.9. The van der Waals surface area contributed by atoms with Crippen molar-refractivity contribution >= 4 is 27.8 Å². The van der Waals surface area contributed by atoms with Gasteiger partial charge >= 0.3 is 10.1 Å². The van der Waals surface area contributed by atoms with Crippen LogP contribution in [0.3, 0.4) is 0 Å². The van der Waals surface area contributed by atoms with E-state index in [-0.39, 0.29) is 16.2 Å². The van der Waals surface area contributed by atoms with Gasteiger partial charge in [0.2, 0.25) is 0 Å². The first-order valence-electron chi connectivity index (χ1n) is 9.79. The number of hydrogen-bond acceptors (Lipinski definition) is 5. The first-order valence-corrected chi connectivity index (χ1v) is 11.2. The summed E-state index contributed by atoms with van der Waals surface area (Å²) < 4.78 is 30.2. The van der Waals surface area contributed by atoms with E-state index in [1.807, 2.05) is 39.0 Å². The molecule has 162 valence electrons. The minimum Gasteiger partial charge on any atom is -0.379 e. The van der Waals surface area contributed by atoms with E-state index in [4.69, 9.17) is 4.18 Å². The third-order valence-electron chi connectivity index (χ3n) is 4.81. The highest BCUT2D eigenvalue weighted by Gasteiger charge is 2.17. The molecule has 3 rings (SSSR count).